The molecule has 114 valence electrons. The summed E-state index contributed by atoms with van der Waals surface area (Å²) in [4.78, 5) is 12.4. The maximum Gasteiger partial charge on any atom is 0.223 e. The number of halogens is 1. The van der Waals surface area contributed by atoms with E-state index < -0.39 is 0 Å². The van der Waals surface area contributed by atoms with Crippen LogP contribution >= 0.6 is 15.9 Å². The van der Waals surface area contributed by atoms with Crippen molar-refractivity contribution in [3.05, 3.63) is 34.3 Å². The van der Waals surface area contributed by atoms with Crippen LogP contribution in [0.5, 0.6) is 0 Å². The third-order valence-electron chi connectivity index (χ3n) is 5.16. The Balaban J connectivity index is 1.55. The number of nitrogens with one attached hydrogen (secondary N) is 1. The molecule has 4 heteroatoms. The first-order valence-corrected chi connectivity index (χ1v) is 8.70. The zero-order chi connectivity index (χ0) is 14.8. The lowest BCUT2D eigenvalue weighted by molar-refractivity contribution is -0.128. The zero-order valence-electron chi connectivity index (χ0n) is 12.2. The Hall–Kier alpha value is -0.870. The van der Waals surface area contributed by atoms with E-state index in [-0.39, 0.29) is 11.8 Å². The molecule has 1 amide bonds. The van der Waals surface area contributed by atoms with Gasteiger partial charge >= 0.3 is 0 Å². The van der Waals surface area contributed by atoms with Crippen molar-refractivity contribution in [2.24, 2.45) is 23.5 Å². The van der Waals surface area contributed by atoms with Crippen LogP contribution in [0.2, 0.25) is 0 Å². The van der Waals surface area contributed by atoms with E-state index in [1.165, 1.54) is 19.3 Å². The Labute approximate surface area is 134 Å². The molecule has 2 aliphatic carbocycles. The summed E-state index contributed by atoms with van der Waals surface area (Å²) in [5, 5.41) is 3.10. The molecule has 2 bridgehead atoms. The Morgan fingerprint density at radius 2 is 1.81 bits per heavy atom. The van der Waals surface area contributed by atoms with E-state index in [0.29, 0.717) is 24.4 Å². The van der Waals surface area contributed by atoms with E-state index in [4.69, 9.17) is 5.73 Å². The van der Waals surface area contributed by atoms with Gasteiger partial charge in [0.25, 0.3) is 0 Å². The Kier molecular flexibility index (Phi) is 4.65. The highest BCUT2D eigenvalue weighted by atomic mass is 79.9. The van der Waals surface area contributed by atoms with Gasteiger partial charge in [0.1, 0.15) is 0 Å². The van der Waals surface area contributed by atoms with Gasteiger partial charge in [-0.3, -0.25) is 4.79 Å². The molecule has 0 spiro atoms. The van der Waals surface area contributed by atoms with Crippen molar-refractivity contribution in [3.63, 3.8) is 0 Å². The first kappa shape index (κ1) is 15.0. The van der Waals surface area contributed by atoms with E-state index in [0.717, 1.165) is 22.9 Å². The van der Waals surface area contributed by atoms with Gasteiger partial charge < -0.3 is 11.1 Å². The number of rotatable bonds is 3. The minimum atomic E-state index is 0.163. The van der Waals surface area contributed by atoms with Crippen molar-refractivity contribution < 1.29 is 4.79 Å². The maximum atomic E-state index is 12.4. The molecule has 2 saturated carbocycles. The molecule has 3 rings (SSSR count). The summed E-state index contributed by atoms with van der Waals surface area (Å²) in [6.07, 6.45) is 5.65. The minimum Gasteiger partial charge on any atom is -0.352 e. The largest absolute Gasteiger partial charge is 0.352 e. The average Bonchev–Trinajstić information content (AvgIpc) is 2.46. The third-order valence-corrected chi connectivity index (χ3v) is 5.69. The highest BCUT2D eigenvalue weighted by Crippen LogP contribution is 2.41. The van der Waals surface area contributed by atoms with Crippen LogP contribution < -0.4 is 11.1 Å². The van der Waals surface area contributed by atoms with Crippen LogP contribution in [-0.4, -0.2) is 11.9 Å². The molecule has 21 heavy (non-hydrogen) atoms. The summed E-state index contributed by atoms with van der Waals surface area (Å²) in [6, 6.07) is 8.41. The summed E-state index contributed by atoms with van der Waals surface area (Å²) in [6.45, 7) is 0.615. The number of hydrogen-bond donors (Lipinski definition) is 2. The van der Waals surface area contributed by atoms with Crippen LogP contribution in [0, 0.1) is 17.8 Å². The molecule has 1 aromatic carbocycles. The molecular formula is C17H23BrN2O. The van der Waals surface area contributed by atoms with E-state index in [2.05, 4.69) is 21.2 Å². The lowest BCUT2D eigenvalue weighted by atomic mass is 9.65. The molecule has 0 saturated heterocycles. The quantitative estimate of drug-likeness (QED) is 0.879. The normalized spacial score (nSPS) is 31.7. The van der Waals surface area contributed by atoms with Crippen LogP contribution in [0.4, 0.5) is 0 Å². The first-order chi connectivity index (χ1) is 10.1. The van der Waals surface area contributed by atoms with E-state index in [1.54, 1.807) is 0 Å². The van der Waals surface area contributed by atoms with Gasteiger partial charge in [-0.15, -0.1) is 0 Å². The number of fused-ring (bicyclic) bond motifs is 2. The van der Waals surface area contributed by atoms with Gasteiger partial charge in [0, 0.05) is 23.0 Å². The minimum absolute atomic E-state index is 0.163. The van der Waals surface area contributed by atoms with E-state index >= 15 is 0 Å². The number of amides is 1. The van der Waals surface area contributed by atoms with Gasteiger partial charge in [-0.2, -0.15) is 0 Å². The fourth-order valence-electron chi connectivity index (χ4n) is 3.94. The van der Waals surface area contributed by atoms with Gasteiger partial charge in [0.15, 0.2) is 0 Å². The number of carbonyl (C=O) groups is 1. The second-order valence-corrected chi connectivity index (χ2v) is 7.46. The van der Waals surface area contributed by atoms with Gasteiger partial charge in [-0.25, -0.2) is 0 Å². The molecule has 2 unspecified atom stereocenters. The van der Waals surface area contributed by atoms with Crippen LogP contribution in [0.25, 0.3) is 0 Å². The molecule has 2 atom stereocenters. The van der Waals surface area contributed by atoms with Crippen molar-refractivity contribution in [2.45, 2.75) is 44.7 Å². The zero-order valence-corrected chi connectivity index (χ0v) is 13.8. The molecule has 1 aromatic rings. The van der Waals surface area contributed by atoms with Crippen LogP contribution in [0.1, 0.15) is 37.7 Å². The van der Waals surface area contributed by atoms with Crippen molar-refractivity contribution in [3.8, 4) is 0 Å². The summed E-state index contributed by atoms with van der Waals surface area (Å²) >= 11 is 3.42. The van der Waals surface area contributed by atoms with Gasteiger partial charge in [0.05, 0.1) is 0 Å². The number of carbonyl (C=O) groups excluding carboxylic acids is 1. The van der Waals surface area contributed by atoms with Crippen LogP contribution in [0.3, 0.4) is 0 Å². The first-order valence-electron chi connectivity index (χ1n) is 7.91. The highest BCUT2D eigenvalue weighted by molar-refractivity contribution is 9.10. The second-order valence-electron chi connectivity index (χ2n) is 6.54. The van der Waals surface area contributed by atoms with Gasteiger partial charge in [-0.05, 0) is 55.2 Å². The lowest BCUT2D eigenvalue weighted by Crippen LogP contribution is -2.49. The topological polar surface area (TPSA) is 55.1 Å². The fourth-order valence-corrected chi connectivity index (χ4v) is 4.20. The highest BCUT2D eigenvalue weighted by Gasteiger charge is 2.40. The van der Waals surface area contributed by atoms with Crippen LogP contribution in [0.15, 0.2) is 28.7 Å². The van der Waals surface area contributed by atoms with Crippen molar-refractivity contribution >= 4 is 21.8 Å². The van der Waals surface area contributed by atoms with Crippen molar-refractivity contribution in [1.29, 1.82) is 0 Å². The monoisotopic (exact) mass is 350 g/mol. The molecule has 0 aromatic heterocycles. The van der Waals surface area contributed by atoms with Crippen molar-refractivity contribution in [1.82, 2.24) is 5.32 Å². The Bertz CT molecular complexity index is 488. The van der Waals surface area contributed by atoms with Gasteiger partial charge in [-0.1, -0.05) is 34.5 Å². The predicted molar refractivity (Wildman–Crippen MR) is 87.5 cm³/mol. The standard InChI is InChI=1S/C17H23BrN2O/c18-15-6-4-11(5-7-15)10-20-17(21)14-8-12-2-1-3-13(9-14)16(12)19/h4-7,12-14,16H,1-3,8-10,19H2,(H,20,21). The average molecular weight is 351 g/mol. The summed E-state index contributed by atoms with van der Waals surface area (Å²) in [7, 11) is 0. The molecule has 3 nitrogen and oxygen atoms in total. The second kappa shape index (κ2) is 6.49. The number of benzene rings is 1. The van der Waals surface area contributed by atoms with Crippen molar-refractivity contribution in [2.75, 3.05) is 0 Å². The number of nitrogens with two attached hydrogens (primary N) is 1. The third kappa shape index (κ3) is 3.49. The van der Waals surface area contributed by atoms with E-state index in [9.17, 15) is 4.79 Å². The van der Waals surface area contributed by atoms with Gasteiger partial charge in [0.2, 0.25) is 5.91 Å². The molecular weight excluding hydrogens is 328 g/mol. The lowest BCUT2D eigenvalue weighted by Gasteiger charge is -2.43. The fraction of sp³-hybridized carbons (Fsp3) is 0.588. The maximum absolute atomic E-state index is 12.4. The molecule has 2 fully saturated rings. The summed E-state index contributed by atoms with van der Waals surface area (Å²) < 4.78 is 1.06. The van der Waals surface area contributed by atoms with Crippen LogP contribution in [-0.2, 0) is 11.3 Å². The molecule has 0 radical (unpaired) electrons. The Morgan fingerprint density at radius 3 is 2.43 bits per heavy atom. The SMILES string of the molecule is NC1C2CCCC1CC(C(=O)NCc1ccc(Br)cc1)C2. The molecule has 3 N–H and O–H groups in total. The molecule has 2 aliphatic rings. The summed E-state index contributed by atoms with van der Waals surface area (Å²) in [5.41, 5.74) is 7.43. The molecule has 0 aliphatic heterocycles. The van der Waals surface area contributed by atoms with E-state index in [1.807, 2.05) is 24.3 Å². The summed E-state index contributed by atoms with van der Waals surface area (Å²) in [5.74, 6) is 1.49. The molecule has 0 heterocycles. The predicted octanol–water partition coefficient (Wildman–Crippen LogP) is 3.22. The Morgan fingerprint density at radius 1 is 1.19 bits per heavy atom. The number of hydrogen-bond acceptors (Lipinski definition) is 2. The smallest absolute Gasteiger partial charge is 0.223 e.